The minimum atomic E-state index is -4.14. The molecule has 0 saturated carbocycles. The molecule has 1 aliphatic heterocycles. The van der Waals surface area contributed by atoms with E-state index in [2.05, 4.69) is 47.3 Å². The first-order valence-electron chi connectivity index (χ1n) is 10.0. The summed E-state index contributed by atoms with van der Waals surface area (Å²) < 4.78 is 38.0. The quantitative estimate of drug-likeness (QED) is 0.328. The van der Waals surface area contributed by atoms with Gasteiger partial charge in [-0.3, -0.25) is 9.89 Å². The first-order valence-corrected chi connectivity index (χ1v) is 10.0. The van der Waals surface area contributed by atoms with Crippen molar-refractivity contribution in [3.8, 4) is 0 Å². The summed E-state index contributed by atoms with van der Waals surface area (Å²) in [6, 6.07) is 6.56. The topological polar surface area (TPSA) is 30.9 Å². The molecule has 1 aromatic carbocycles. The maximum Gasteiger partial charge on any atom is 0.401 e. The third kappa shape index (κ3) is 9.11. The molecule has 1 atom stereocenters. The summed E-state index contributed by atoms with van der Waals surface area (Å²) >= 11 is 0. The van der Waals surface area contributed by atoms with Gasteiger partial charge in [-0.1, -0.05) is 36.2 Å². The fourth-order valence-electron chi connectivity index (χ4n) is 3.96. The lowest BCUT2D eigenvalue weighted by Gasteiger charge is -2.26. The fraction of sp³-hybridized carbons (Fsp3) is 0.667. The lowest BCUT2D eigenvalue weighted by molar-refractivity contribution is -0.146. The van der Waals surface area contributed by atoms with Gasteiger partial charge in [0.25, 0.3) is 0 Å². The highest BCUT2D eigenvalue weighted by Crippen LogP contribution is 2.21. The number of aliphatic imine (C=N–C) groups is 1. The summed E-state index contributed by atoms with van der Waals surface area (Å²) in [4.78, 5) is 8.02. The van der Waals surface area contributed by atoms with E-state index in [4.69, 9.17) is 0 Å². The predicted octanol–water partition coefficient (Wildman–Crippen LogP) is 4.25. The molecule has 1 heterocycles. The number of guanidine groups is 1. The van der Waals surface area contributed by atoms with E-state index in [1.54, 1.807) is 14.0 Å². The number of aryl methyl sites for hydroxylation is 2. The van der Waals surface area contributed by atoms with Crippen LogP contribution in [-0.4, -0.2) is 68.3 Å². The van der Waals surface area contributed by atoms with Crippen LogP contribution in [0.2, 0.25) is 0 Å². The molecule has 1 fully saturated rings. The number of halogens is 4. The summed E-state index contributed by atoms with van der Waals surface area (Å²) in [5.41, 5.74) is 3.83. The van der Waals surface area contributed by atoms with Crippen LogP contribution in [0.25, 0.3) is 0 Å². The molecule has 0 amide bonds. The van der Waals surface area contributed by atoms with Crippen LogP contribution >= 0.6 is 24.0 Å². The molecule has 1 saturated heterocycles. The average molecular weight is 526 g/mol. The van der Waals surface area contributed by atoms with Crippen LogP contribution in [0, 0.1) is 19.8 Å². The van der Waals surface area contributed by atoms with Crippen molar-refractivity contribution in [1.82, 2.24) is 15.1 Å². The van der Waals surface area contributed by atoms with Crippen LogP contribution < -0.4 is 5.32 Å². The van der Waals surface area contributed by atoms with Crippen LogP contribution in [0.5, 0.6) is 0 Å². The van der Waals surface area contributed by atoms with Crippen molar-refractivity contribution in [1.29, 1.82) is 0 Å². The zero-order chi connectivity index (χ0) is 20.7. The number of nitrogens with one attached hydrogen (secondary N) is 1. The molecule has 166 valence electrons. The number of rotatable bonds is 7. The van der Waals surface area contributed by atoms with Crippen LogP contribution in [0.15, 0.2) is 23.2 Å². The van der Waals surface area contributed by atoms with Gasteiger partial charge in [-0.15, -0.1) is 24.0 Å². The molecule has 0 aromatic heterocycles. The monoisotopic (exact) mass is 526 g/mol. The molecule has 1 unspecified atom stereocenters. The van der Waals surface area contributed by atoms with E-state index in [1.807, 2.05) is 0 Å². The van der Waals surface area contributed by atoms with Gasteiger partial charge in [0, 0.05) is 33.2 Å². The van der Waals surface area contributed by atoms with Crippen molar-refractivity contribution in [2.75, 3.05) is 46.3 Å². The lowest BCUT2D eigenvalue weighted by atomic mass is 10.1. The summed E-state index contributed by atoms with van der Waals surface area (Å²) in [6.45, 7) is 8.41. The van der Waals surface area contributed by atoms with Crippen LogP contribution in [-0.2, 0) is 6.42 Å². The molecule has 1 aliphatic rings. The van der Waals surface area contributed by atoms with Gasteiger partial charge in [-0.05, 0) is 44.7 Å². The van der Waals surface area contributed by atoms with E-state index < -0.39 is 12.7 Å². The second-order valence-electron chi connectivity index (χ2n) is 7.76. The standard InChI is InChI=1S/C21H33F3N4.HI/c1-5-27(15-21(22,23)24)13-19-7-9-28(14-19)20(25-4)26-8-6-18-11-16(2)10-17(3)12-18;/h10-12,19H,5-9,13-15H2,1-4H3,(H,25,26);1H. The minimum Gasteiger partial charge on any atom is -0.356 e. The second kappa shape index (κ2) is 12.0. The Hall–Kier alpha value is -1.03. The van der Waals surface area contributed by atoms with Crippen molar-refractivity contribution in [3.05, 3.63) is 34.9 Å². The first kappa shape index (κ1) is 26.0. The predicted molar refractivity (Wildman–Crippen MR) is 124 cm³/mol. The summed E-state index contributed by atoms with van der Waals surface area (Å²) in [5, 5.41) is 3.41. The lowest BCUT2D eigenvalue weighted by Crippen LogP contribution is -2.42. The SMILES string of the molecule is CCN(CC1CCN(C(=NC)NCCc2cc(C)cc(C)c2)C1)CC(F)(F)F.I. The van der Waals surface area contributed by atoms with Crippen molar-refractivity contribution < 1.29 is 13.2 Å². The summed E-state index contributed by atoms with van der Waals surface area (Å²) in [6.07, 6.45) is -2.33. The zero-order valence-corrected chi connectivity index (χ0v) is 20.2. The molecule has 0 aliphatic carbocycles. The van der Waals surface area contributed by atoms with Crippen molar-refractivity contribution in [2.45, 2.75) is 39.8 Å². The van der Waals surface area contributed by atoms with Gasteiger partial charge >= 0.3 is 6.18 Å². The Bertz CT molecular complexity index is 644. The second-order valence-corrected chi connectivity index (χ2v) is 7.76. The Labute approximate surface area is 190 Å². The van der Waals surface area contributed by atoms with Crippen LogP contribution in [0.4, 0.5) is 13.2 Å². The van der Waals surface area contributed by atoms with Gasteiger partial charge in [-0.25, -0.2) is 0 Å². The maximum absolute atomic E-state index is 12.7. The molecule has 0 spiro atoms. The van der Waals surface area contributed by atoms with E-state index >= 15 is 0 Å². The fourth-order valence-corrected chi connectivity index (χ4v) is 3.96. The van der Waals surface area contributed by atoms with Crippen molar-refractivity contribution in [3.63, 3.8) is 0 Å². The normalized spacial score (nSPS) is 17.6. The molecular weight excluding hydrogens is 492 g/mol. The molecule has 29 heavy (non-hydrogen) atoms. The number of hydrogen-bond donors (Lipinski definition) is 1. The first-order chi connectivity index (χ1) is 13.2. The van der Waals surface area contributed by atoms with E-state index in [1.165, 1.54) is 21.6 Å². The Balaban J connectivity index is 0.00000420. The molecule has 2 rings (SSSR count). The number of nitrogens with zero attached hydrogens (tertiary/aromatic N) is 3. The number of hydrogen-bond acceptors (Lipinski definition) is 2. The van der Waals surface area contributed by atoms with Crippen LogP contribution in [0.3, 0.4) is 0 Å². The maximum atomic E-state index is 12.7. The Morgan fingerprint density at radius 1 is 1.24 bits per heavy atom. The van der Waals surface area contributed by atoms with Gasteiger partial charge in [0.15, 0.2) is 5.96 Å². The van der Waals surface area contributed by atoms with E-state index in [0.29, 0.717) is 13.1 Å². The molecule has 4 nitrogen and oxygen atoms in total. The van der Waals surface area contributed by atoms with E-state index in [9.17, 15) is 13.2 Å². The van der Waals surface area contributed by atoms with E-state index in [0.717, 1.165) is 38.4 Å². The van der Waals surface area contributed by atoms with Crippen molar-refractivity contribution >= 4 is 29.9 Å². The summed E-state index contributed by atoms with van der Waals surface area (Å²) in [5.74, 6) is 1.08. The van der Waals surface area contributed by atoms with Crippen molar-refractivity contribution in [2.24, 2.45) is 10.9 Å². The van der Waals surface area contributed by atoms with Crippen LogP contribution in [0.1, 0.15) is 30.0 Å². The van der Waals surface area contributed by atoms with E-state index in [-0.39, 0.29) is 29.9 Å². The van der Waals surface area contributed by atoms with Gasteiger partial charge < -0.3 is 10.2 Å². The Morgan fingerprint density at radius 3 is 2.45 bits per heavy atom. The third-order valence-electron chi connectivity index (χ3n) is 5.14. The molecule has 0 radical (unpaired) electrons. The minimum absolute atomic E-state index is 0. The Morgan fingerprint density at radius 2 is 1.90 bits per heavy atom. The Kier molecular flexibility index (Phi) is 10.7. The van der Waals surface area contributed by atoms with Gasteiger partial charge in [0.1, 0.15) is 0 Å². The van der Waals surface area contributed by atoms with Gasteiger partial charge in [0.05, 0.1) is 6.54 Å². The number of likely N-dealkylation sites (tertiary alicyclic amines) is 1. The average Bonchev–Trinajstić information content (AvgIpc) is 3.04. The molecule has 1 N–H and O–H groups in total. The number of alkyl halides is 3. The smallest absolute Gasteiger partial charge is 0.356 e. The third-order valence-corrected chi connectivity index (χ3v) is 5.14. The largest absolute Gasteiger partial charge is 0.401 e. The summed E-state index contributed by atoms with van der Waals surface area (Å²) in [7, 11) is 1.76. The highest BCUT2D eigenvalue weighted by molar-refractivity contribution is 14.0. The molecule has 1 aromatic rings. The highest BCUT2D eigenvalue weighted by Gasteiger charge is 2.32. The highest BCUT2D eigenvalue weighted by atomic mass is 127. The van der Waals surface area contributed by atoms with Gasteiger partial charge in [-0.2, -0.15) is 13.2 Å². The molecule has 8 heteroatoms. The number of benzene rings is 1. The zero-order valence-electron chi connectivity index (χ0n) is 17.9. The van der Waals surface area contributed by atoms with Gasteiger partial charge in [0.2, 0.25) is 0 Å². The molecular formula is C21H34F3IN4. The molecule has 0 bridgehead atoms.